The van der Waals surface area contributed by atoms with Crippen molar-refractivity contribution in [1.29, 1.82) is 0 Å². The Kier molecular flexibility index (Phi) is 5.41. The predicted molar refractivity (Wildman–Crippen MR) is 120 cm³/mol. The van der Waals surface area contributed by atoms with Gasteiger partial charge in [0.2, 0.25) is 5.91 Å². The van der Waals surface area contributed by atoms with E-state index in [1.165, 1.54) is 17.9 Å². The van der Waals surface area contributed by atoms with Crippen molar-refractivity contribution in [3.8, 4) is 17.0 Å². The Labute approximate surface area is 193 Å². The number of methoxy groups -OCH3 is 1. The van der Waals surface area contributed by atoms with Crippen molar-refractivity contribution in [1.82, 2.24) is 25.3 Å². The van der Waals surface area contributed by atoms with Crippen molar-refractivity contribution in [2.75, 3.05) is 31.4 Å². The molecule has 4 rings (SSSR count). The first kappa shape index (κ1) is 18.5. The highest BCUT2D eigenvalue weighted by Crippen LogP contribution is 2.38. The van der Waals surface area contributed by atoms with Gasteiger partial charge in [0.25, 0.3) is 5.91 Å². The number of benzene rings is 1. The zero-order valence-electron chi connectivity index (χ0n) is 20.8. The summed E-state index contributed by atoms with van der Waals surface area (Å²) in [6.07, 6.45) is 3.22. The van der Waals surface area contributed by atoms with Crippen LogP contribution in [0.2, 0.25) is 0 Å². The minimum atomic E-state index is -2.75. The van der Waals surface area contributed by atoms with Crippen LogP contribution in [0.5, 0.6) is 5.75 Å². The van der Waals surface area contributed by atoms with Crippen LogP contribution in [-0.2, 0) is 11.3 Å². The maximum atomic E-state index is 12.7. The molecule has 2 aromatic heterocycles. The van der Waals surface area contributed by atoms with Gasteiger partial charge in [0.05, 0.1) is 30.7 Å². The minimum absolute atomic E-state index is 0.0873. The van der Waals surface area contributed by atoms with Crippen LogP contribution in [0.15, 0.2) is 36.5 Å². The number of nitrogens with zero attached hydrogens (tertiary/aromatic N) is 4. The Morgan fingerprint density at radius 1 is 1.27 bits per heavy atom. The third-order valence-corrected chi connectivity index (χ3v) is 5.04. The second-order valence-electron chi connectivity index (χ2n) is 7.37. The zero-order valence-corrected chi connectivity index (χ0v) is 17.8. The molecule has 1 aromatic carbocycles. The molecule has 1 saturated carbocycles. The van der Waals surface area contributed by atoms with Crippen LogP contribution in [0.1, 0.15) is 27.4 Å². The molecule has 1 aliphatic rings. The Morgan fingerprint density at radius 3 is 2.85 bits per heavy atom. The average molecular weight is 456 g/mol. The smallest absolute Gasteiger partial charge is 0.273 e. The Hall–Kier alpha value is -4.02. The number of halogens is 1. The second-order valence-corrected chi connectivity index (χ2v) is 7.37. The molecule has 10 nitrogen and oxygen atoms in total. The van der Waals surface area contributed by atoms with Crippen LogP contribution in [0.4, 0.5) is 21.6 Å². The van der Waals surface area contributed by atoms with Crippen LogP contribution in [0.25, 0.3) is 11.3 Å². The molecule has 0 radical (unpaired) electrons. The summed E-state index contributed by atoms with van der Waals surface area (Å²) in [4.78, 5) is 24.9. The van der Waals surface area contributed by atoms with E-state index in [9.17, 15) is 14.0 Å². The van der Waals surface area contributed by atoms with Crippen LogP contribution >= 0.6 is 0 Å². The van der Waals surface area contributed by atoms with Crippen molar-refractivity contribution < 1.29 is 22.8 Å². The quantitative estimate of drug-likeness (QED) is 0.452. The van der Waals surface area contributed by atoms with Crippen molar-refractivity contribution >= 4 is 29.0 Å². The molecule has 3 N–H and O–H groups in total. The SMILES string of the molecule is [2H]C([2H])([2H])NC(=O)c1nnc(NC(=O)C2CC2)cc1Nc1cccc(-c2ccn(CCF)n2)c1OC. The molecular formula is C22H24FN7O3. The van der Waals surface area contributed by atoms with E-state index in [1.54, 1.807) is 30.5 Å². The van der Waals surface area contributed by atoms with Crippen molar-refractivity contribution in [3.05, 3.63) is 42.2 Å². The molecule has 0 saturated heterocycles. The summed E-state index contributed by atoms with van der Waals surface area (Å²) in [5.74, 6) is -0.815. The molecule has 0 unspecified atom stereocenters. The van der Waals surface area contributed by atoms with Crippen molar-refractivity contribution in [3.63, 3.8) is 0 Å². The van der Waals surface area contributed by atoms with E-state index >= 15 is 0 Å². The number of para-hydroxylation sites is 1. The number of amides is 2. The number of ether oxygens (including phenoxy) is 1. The summed E-state index contributed by atoms with van der Waals surface area (Å²) < 4.78 is 41.8. The van der Waals surface area contributed by atoms with Gasteiger partial charge in [-0.1, -0.05) is 6.07 Å². The van der Waals surface area contributed by atoms with Gasteiger partial charge >= 0.3 is 0 Å². The Bertz CT molecular complexity index is 1280. The van der Waals surface area contributed by atoms with E-state index < -0.39 is 19.6 Å². The summed E-state index contributed by atoms with van der Waals surface area (Å²) in [5, 5.41) is 19.7. The number of carbonyl (C=O) groups excluding carboxylic acids is 2. The standard InChI is InChI=1S/C22H24FN7O3/c1-24-22(32)19-17(12-18(27-28-19)26-21(31)13-6-7-13)25-16-5-3-4-14(20(16)33-2)15-8-10-30(29-15)11-9-23/h3-5,8,10,12-13H,6-7,9,11H2,1-2H3,(H,24,32)(H2,25,26,27,31)/i1D3. The van der Waals surface area contributed by atoms with Crippen molar-refractivity contribution in [2.24, 2.45) is 5.92 Å². The fourth-order valence-corrected chi connectivity index (χ4v) is 3.27. The van der Waals surface area contributed by atoms with Gasteiger partial charge in [-0.25, -0.2) is 4.39 Å². The lowest BCUT2D eigenvalue weighted by Crippen LogP contribution is -2.22. The van der Waals surface area contributed by atoms with Gasteiger partial charge in [-0.2, -0.15) is 5.10 Å². The number of rotatable bonds is 9. The highest BCUT2D eigenvalue weighted by Gasteiger charge is 2.30. The van der Waals surface area contributed by atoms with Gasteiger partial charge in [-0.15, -0.1) is 10.2 Å². The number of carbonyl (C=O) groups is 2. The van der Waals surface area contributed by atoms with Gasteiger partial charge in [0.1, 0.15) is 6.67 Å². The zero-order chi connectivity index (χ0) is 25.9. The first-order chi connectivity index (χ1) is 17.2. The highest BCUT2D eigenvalue weighted by molar-refractivity contribution is 6.00. The monoisotopic (exact) mass is 456 g/mol. The topological polar surface area (TPSA) is 123 Å². The third kappa shape index (κ3) is 4.92. The number of aromatic nitrogens is 4. The maximum Gasteiger partial charge on any atom is 0.273 e. The molecule has 11 heteroatoms. The number of aryl methyl sites for hydroxylation is 1. The largest absolute Gasteiger partial charge is 0.494 e. The molecule has 0 aliphatic heterocycles. The number of nitrogens with one attached hydrogen (secondary N) is 3. The number of hydrogen-bond acceptors (Lipinski definition) is 7. The molecule has 0 bridgehead atoms. The second kappa shape index (κ2) is 9.63. The van der Waals surface area contributed by atoms with Crippen LogP contribution in [0.3, 0.4) is 0 Å². The molecule has 2 amide bonds. The lowest BCUT2D eigenvalue weighted by molar-refractivity contribution is -0.117. The minimum Gasteiger partial charge on any atom is -0.494 e. The maximum absolute atomic E-state index is 12.7. The molecule has 1 fully saturated rings. The van der Waals surface area contributed by atoms with Crippen LogP contribution < -0.4 is 20.7 Å². The van der Waals surface area contributed by atoms with Gasteiger partial charge in [-0.05, 0) is 31.0 Å². The van der Waals surface area contributed by atoms with E-state index in [2.05, 4.69) is 25.9 Å². The average Bonchev–Trinajstić information content (AvgIpc) is 3.57. The Morgan fingerprint density at radius 2 is 2.12 bits per heavy atom. The third-order valence-electron chi connectivity index (χ3n) is 5.04. The lowest BCUT2D eigenvalue weighted by Gasteiger charge is -2.16. The highest BCUT2D eigenvalue weighted by atomic mass is 19.1. The van der Waals surface area contributed by atoms with Crippen molar-refractivity contribution in [2.45, 2.75) is 19.4 Å². The first-order valence-electron chi connectivity index (χ1n) is 11.7. The summed E-state index contributed by atoms with van der Waals surface area (Å²) >= 11 is 0. The molecule has 172 valence electrons. The molecule has 33 heavy (non-hydrogen) atoms. The fraction of sp³-hybridized carbons (Fsp3) is 0.318. The molecular weight excluding hydrogens is 429 g/mol. The summed E-state index contributed by atoms with van der Waals surface area (Å²) in [6.45, 7) is -3.19. The van der Waals surface area contributed by atoms with Gasteiger partial charge < -0.3 is 20.7 Å². The van der Waals surface area contributed by atoms with Gasteiger partial charge in [0, 0.05) is 34.8 Å². The fourth-order valence-electron chi connectivity index (χ4n) is 3.27. The summed E-state index contributed by atoms with van der Waals surface area (Å²) in [5.41, 5.74) is 1.34. The number of anilines is 3. The normalized spacial score (nSPS) is 14.5. The molecule has 0 atom stereocenters. The summed E-state index contributed by atoms with van der Waals surface area (Å²) in [7, 11) is 1.46. The first-order valence-corrected chi connectivity index (χ1v) is 10.2. The van der Waals surface area contributed by atoms with E-state index in [0.717, 1.165) is 12.8 Å². The Balaban J connectivity index is 1.70. The van der Waals surface area contributed by atoms with Gasteiger partial charge in [0.15, 0.2) is 17.3 Å². The van der Waals surface area contributed by atoms with Crippen LogP contribution in [0, 0.1) is 5.92 Å². The van der Waals surface area contributed by atoms with Crippen LogP contribution in [-0.4, -0.2) is 52.6 Å². The number of alkyl halides is 1. The predicted octanol–water partition coefficient (Wildman–Crippen LogP) is 2.77. The molecule has 0 spiro atoms. The summed E-state index contributed by atoms with van der Waals surface area (Å²) in [6, 6.07) is 8.27. The van der Waals surface area contributed by atoms with E-state index in [1.807, 2.05) is 5.32 Å². The lowest BCUT2D eigenvalue weighted by atomic mass is 10.1. The molecule has 1 aliphatic carbocycles. The van der Waals surface area contributed by atoms with E-state index in [4.69, 9.17) is 8.85 Å². The van der Waals surface area contributed by atoms with E-state index in [-0.39, 0.29) is 35.6 Å². The number of hydrogen-bond donors (Lipinski definition) is 3. The van der Waals surface area contributed by atoms with E-state index in [0.29, 0.717) is 22.7 Å². The molecule has 2 heterocycles. The van der Waals surface area contributed by atoms with Gasteiger partial charge in [-0.3, -0.25) is 14.3 Å². The molecule has 3 aromatic rings.